The van der Waals surface area contributed by atoms with Crippen molar-refractivity contribution in [3.8, 4) is 5.75 Å². The molecule has 0 bridgehead atoms. The Morgan fingerprint density at radius 1 is 0.902 bits per heavy atom. The van der Waals surface area contributed by atoms with Gasteiger partial charge in [-0.25, -0.2) is 9.78 Å². The Balaban J connectivity index is 1.44. The van der Waals surface area contributed by atoms with Gasteiger partial charge in [-0.1, -0.05) is 114 Å². The summed E-state index contributed by atoms with van der Waals surface area (Å²) in [6.45, 7) is 17.9. The fraction of sp³-hybridized carbons (Fsp3) is 0.610. The van der Waals surface area contributed by atoms with E-state index in [2.05, 4.69) is 29.8 Å². The first-order chi connectivity index (χ1) is 39.0. The molecular formula is C59H87N7O13S3. The molecule has 3 aromatic rings. The number of thiazole rings is 1. The van der Waals surface area contributed by atoms with Crippen molar-refractivity contribution in [1.82, 2.24) is 30.7 Å². The van der Waals surface area contributed by atoms with Crippen molar-refractivity contribution >= 4 is 86.2 Å². The molecule has 5 amide bonds. The van der Waals surface area contributed by atoms with E-state index in [0.717, 1.165) is 41.2 Å². The number of likely N-dealkylation sites (tertiary alicyclic amines) is 1. The molecule has 2 aromatic carbocycles. The predicted octanol–water partition coefficient (Wildman–Crippen LogP) is 9.31. The summed E-state index contributed by atoms with van der Waals surface area (Å²) < 4.78 is 22.7. The molecule has 1 saturated heterocycles. The molecule has 6 atom stereocenters. The molecule has 0 aliphatic carbocycles. The summed E-state index contributed by atoms with van der Waals surface area (Å²) in [4.78, 5) is 116. The number of benzene rings is 2. The number of nitrogens with zero attached hydrogens (tertiary/aromatic N) is 4. The van der Waals surface area contributed by atoms with Crippen molar-refractivity contribution in [3.05, 3.63) is 70.2 Å². The smallest absolute Gasteiger partial charge is 0.419 e. The van der Waals surface area contributed by atoms with Crippen molar-refractivity contribution < 1.29 is 62.4 Å². The third-order valence-corrected chi connectivity index (χ3v) is 17.2. The maximum absolute atomic E-state index is 15.0. The number of piperidine rings is 1. The van der Waals surface area contributed by atoms with E-state index in [4.69, 9.17) is 29.0 Å². The molecule has 4 N–H and O–H groups in total. The normalized spacial score (nSPS) is 15.4. The minimum Gasteiger partial charge on any atom is -0.481 e. The number of aliphatic carboxylic acids is 1. The minimum atomic E-state index is -0.993. The third-order valence-electron chi connectivity index (χ3n) is 13.8. The number of carbonyl (C=O) groups excluding carboxylic acids is 7. The molecule has 0 radical (unpaired) electrons. The first kappa shape index (κ1) is 68.7. The highest BCUT2D eigenvalue weighted by Crippen LogP contribution is 2.38. The number of hydrogen-bond acceptors (Lipinski definition) is 17. The summed E-state index contributed by atoms with van der Waals surface area (Å²) in [5.74, 6) is -2.74. The van der Waals surface area contributed by atoms with Crippen LogP contribution in [0.3, 0.4) is 0 Å². The monoisotopic (exact) mass is 1200 g/mol. The fourth-order valence-corrected chi connectivity index (χ4v) is 12.3. The van der Waals surface area contributed by atoms with E-state index in [1.54, 1.807) is 30.6 Å². The zero-order chi connectivity index (χ0) is 60.5. The summed E-state index contributed by atoms with van der Waals surface area (Å²) in [6, 6.07) is 12.1. The van der Waals surface area contributed by atoms with Crippen molar-refractivity contribution in [2.24, 2.45) is 23.7 Å². The number of rotatable bonds is 34. The van der Waals surface area contributed by atoms with Gasteiger partial charge in [0.1, 0.15) is 22.5 Å². The fourth-order valence-electron chi connectivity index (χ4n) is 9.22. The predicted molar refractivity (Wildman–Crippen MR) is 320 cm³/mol. The van der Waals surface area contributed by atoms with Gasteiger partial charge >= 0.3 is 24.0 Å². The molecule has 20 nitrogen and oxygen atoms in total. The number of anilines is 1. The van der Waals surface area contributed by atoms with Crippen LogP contribution in [-0.4, -0.2) is 145 Å². The number of para-hydroxylation sites is 1. The Hall–Kier alpha value is -5.75. The lowest BCUT2D eigenvalue weighted by atomic mass is 9.92. The van der Waals surface area contributed by atoms with Crippen LogP contribution in [0, 0.1) is 23.7 Å². The molecule has 23 heteroatoms. The Bertz CT molecular complexity index is 2550. The third kappa shape index (κ3) is 23.5. The van der Waals surface area contributed by atoms with Gasteiger partial charge in [0, 0.05) is 67.9 Å². The SMILES string of the molecule is CCC(C)C(NC(=O)C1CCCCN1C)C(=O)N(COC(=O)CC(C)C)C(CC(OC(C)=O)c1nc(C(=O)NC(Cc2ccc(OC(=O)N(C)c3ccccc3SSCCC(=O)NCCOCCC(=O)O)cc2)CC(C)C)cs1)C(C)C. The van der Waals surface area contributed by atoms with Gasteiger partial charge in [-0.2, -0.15) is 0 Å². The van der Waals surface area contributed by atoms with Crippen LogP contribution in [0.25, 0.3) is 0 Å². The van der Waals surface area contributed by atoms with Crippen molar-refractivity contribution in [2.45, 2.75) is 162 Å². The zero-order valence-electron chi connectivity index (χ0n) is 49.6. The van der Waals surface area contributed by atoms with E-state index in [1.807, 2.05) is 83.8 Å². The number of amides is 5. The Labute approximate surface area is 496 Å². The second-order valence-electron chi connectivity index (χ2n) is 21.9. The minimum absolute atomic E-state index is 0.00955. The number of aromatic nitrogens is 1. The highest BCUT2D eigenvalue weighted by molar-refractivity contribution is 8.76. The van der Waals surface area contributed by atoms with Gasteiger partial charge in [-0.15, -0.1) is 11.3 Å². The molecule has 1 aliphatic heterocycles. The van der Waals surface area contributed by atoms with Crippen LogP contribution >= 0.6 is 32.9 Å². The van der Waals surface area contributed by atoms with Crippen LogP contribution in [0.2, 0.25) is 0 Å². The summed E-state index contributed by atoms with van der Waals surface area (Å²) in [7, 11) is 6.42. The first-order valence-electron chi connectivity index (χ1n) is 28.4. The van der Waals surface area contributed by atoms with Crippen LogP contribution in [-0.2, 0) is 49.4 Å². The average molecular weight is 1200 g/mol. The second-order valence-corrected chi connectivity index (χ2v) is 25.3. The van der Waals surface area contributed by atoms with E-state index in [1.165, 1.54) is 38.3 Å². The van der Waals surface area contributed by atoms with Crippen LogP contribution in [0.5, 0.6) is 5.75 Å². The number of esters is 2. The standard InChI is InChI=1S/C59H87N7O13S3/c1-12-40(8)54(63-56(73)47-18-15-16-27-64(47)10)58(74)66(36-77-53(71)32-38(4)5)48(39(6)7)34-49(78-41(9)67)57-62-45(35-80-57)55(72)61-43(31-37(2)3)33-42-20-22-44(23-21-42)79-59(75)65(11)46-17-13-14-19-50(46)82-81-30-25-51(68)60-26-29-76-28-24-52(69)70/h13-14,17,19-23,35,37-40,43,47-49,54H,12,15-16,18,24-34,36H2,1-11H3,(H,60,68)(H,61,72)(H,63,73)(H,69,70). The second kappa shape index (κ2) is 35.4. The number of hydrogen-bond donors (Lipinski definition) is 4. The largest absolute Gasteiger partial charge is 0.481 e. The number of carboxylic acids is 1. The van der Waals surface area contributed by atoms with Gasteiger partial charge < -0.3 is 44.9 Å². The van der Waals surface area contributed by atoms with Gasteiger partial charge in [0.05, 0.1) is 31.4 Å². The summed E-state index contributed by atoms with van der Waals surface area (Å²) >= 11 is 1.15. The number of ether oxygens (including phenoxy) is 4. The summed E-state index contributed by atoms with van der Waals surface area (Å²) in [6.07, 6.45) is 2.98. The Morgan fingerprint density at radius 2 is 1.62 bits per heavy atom. The number of carboxylic acid groups (broad SMARTS) is 1. The van der Waals surface area contributed by atoms with Crippen LogP contribution < -0.4 is 25.6 Å². The van der Waals surface area contributed by atoms with Gasteiger partial charge in [-0.05, 0) is 92.8 Å². The molecule has 4 rings (SSSR count). The highest BCUT2D eigenvalue weighted by Gasteiger charge is 2.40. The van der Waals surface area contributed by atoms with Gasteiger partial charge in [0.25, 0.3) is 5.91 Å². The van der Waals surface area contributed by atoms with Crippen LogP contribution in [0.4, 0.5) is 10.5 Å². The molecular weight excluding hydrogens is 1110 g/mol. The average Bonchev–Trinajstić information content (AvgIpc) is 4.12. The molecule has 6 unspecified atom stereocenters. The van der Waals surface area contributed by atoms with Crippen molar-refractivity contribution in [2.75, 3.05) is 57.8 Å². The molecule has 0 spiro atoms. The molecule has 1 aromatic heterocycles. The highest BCUT2D eigenvalue weighted by atomic mass is 33.1. The topological polar surface area (TPSA) is 252 Å². The lowest BCUT2D eigenvalue weighted by Crippen LogP contribution is -2.59. The van der Waals surface area contributed by atoms with E-state index in [9.17, 15) is 38.4 Å². The van der Waals surface area contributed by atoms with Gasteiger partial charge in [0.2, 0.25) is 17.7 Å². The van der Waals surface area contributed by atoms with E-state index in [0.29, 0.717) is 47.9 Å². The first-order valence-corrected chi connectivity index (χ1v) is 31.6. The maximum Gasteiger partial charge on any atom is 0.419 e. The quantitative estimate of drug-likeness (QED) is 0.0188. The Morgan fingerprint density at radius 3 is 2.27 bits per heavy atom. The van der Waals surface area contributed by atoms with E-state index >= 15 is 0 Å². The van der Waals surface area contributed by atoms with Crippen molar-refractivity contribution in [3.63, 3.8) is 0 Å². The molecule has 454 valence electrons. The lowest BCUT2D eigenvalue weighted by molar-refractivity contribution is -0.161. The maximum atomic E-state index is 15.0. The van der Waals surface area contributed by atoms with Crippen molar-refractivity contribution in [1.29, 1.82) is 0 Å². The van der Waals surface area contributed by atoms with E-state index < -0.39 is 54.0 Å². The molecule has 1 aliphatic rings. The molecule has 1 fully saturated rings. The molecule has 2 heterocycles. The number of likely N-dealkylation sites (N-methyl/N-ethyl adjacent to an activating group) is 1. The summed E-state index contributed by atoms with van der Waals surface area (Å²) in [5, 5.41) is 19.6. The molecule has 0 saturated carbocycles. The Kier molecular flexibility index (Phi) is 29.7. The van der Waals surface area contributed by atoms with E-state index in [-0.39, 0.29) is 105 Å². The number of carbonyl (C=O) groups is 8. The van der Waals surface area contributed by atoms with Gasteiger partial charge in [-0.3, -0.25) is 43.4 Å². The number of nitrogens with one attached hydrogen (secondary N) is 3. The van der Waals surface area contributed by atoms with Crippen LogP contribution in [0.15, 0.2) is 58.8 Å². The lowest BCUT2D eigenvalue weighted by Gasteiger charge is -2.39. The summed E-state index contributed by atoms with van der Waals surface area (Å²) in [5.41, 5.74) is 1.63. The van der Waals surface area contributed by atoms with Crippen LogP contribution in [0.1, 0.15) is 147 Å². The van der Waals surface area contributed by atoms with Gasteiger partial charge in [0.15, 0.2) is 12.8 Å². The zero-order valence-corrected chi connectivity index (χ0v) is 52.0. The molecule has 82 heavy (non-hydrogen) atoms.